The van der Waals surface area contributed by atoms with E-state index in [9.17, 15) is 4.79 Å². The summed E-state index contributed by atoms with van der Waals surface area (Å²) in [5.41, 5.74) is 4.09. The van der Waals surface area contributed by atoms with E-state index in [-0.39, 0.29) is 18.3 Å². The fraction of sp³-hybridized carbons (Fsp3) is 0.143. The maximum absolute atomic E-state index is 12.5. The number of carbonyl (C=O) groups excluding carboxylic acids is 1. The van der Waals surface area contributed by atoms with Gasteiger partial charge in [-0.3, -0.25) is 4.79 Å². The Kier molecular flexibility index (Phi) is 4.40. The van der Waals surface area contributed by atoms with Gasteiger partial charge in [-0.1, -0.05) is 41.6 Å². The van der Waals surface area contributed by atoms with E-state index in [2.05, 4.69) is 15.3 Å². The van der Waals surface area contributed by atoms with Gasteiger partial charge in [-0.05, 0) is 37.3 Å². The Labute approximate surface area is 170 Å². The summed E-state index contributed by atoms with van der Waals surface area (Å²) in [6.45, 7) is 2.22. The number of nitrogens with zero attached hydrogens (tertiary/aromatic N) is 4. The van der Waals surface area contributed by atoms with E-state index in [1.54, 1.807) is 4.52 Å². The molecular weight excluding hydrogens is 388 g/mol. The molecule has 1 aliphatic heterocycles. The highest BCUT2D eigenvalue weighted by Crippen LogP contribution is 2.35. The Balaban J connectivity index is 1.39. The predicted octanol–water partition coefficient (Wildman–Crippen LogP) is 3.80. The lowest BCUT2D eigenvalue weighted by molar-refractivity contribution is 0.102. The van der Waals surface area contributed by atoms with Gasteiger partial charge in [0, 0.05) is 11.1 Å². The molecule has 1 aliphatic rings. The highest BCUT2D eigenvalue weighted by atomic mass is 32.2. The smallest absolute Gasteiger partial charge is 0.231 e. The first kappa shape index (κ1) is 17.7. The molecule has 2 aromatic carbocycles. The lowest BCUT2D eigenvalue weighted by Crippen LogP contribution is -2.04. The Morgan fingerprint density at radius 2 is 1.86 bits per heavy atom. The molecule has 0 unspecified atom stereocenters. The van der Waals surface area contributed by atoms with E-state index >= 15 is 0 Å². The van der Waals surface area contributed by atoms with Gasteiger partial charge in [0.2, 0.25) is 11.9 Å². The number of carbonyl (C=O) groups is 1. The van der Waals surface area contributed by atoms with Crippen LogP contribution >= 0.6 is 11.8 Å². The van der Waals surface area contributed by atoms with Crippen LogP contribution in [0.1, 0.15) is 15.9 Å². The topological polar surface area (TPSA) is 78.6 Å². The lowest BCUT2D eigenvalue weighted by Gasteiger charge is -2.04. The number of Topliss-reactive ketones (excluding diaryl/α,β-unsaturated/α-hetero) is 1. The van der Waals surface area contributed by atoms with Crippen molar-refractivity contribution in [3.8, 4) is 22.8 Å². The molecule has 0 aliphatic carbocycles. The van der Waals surface area contributed by atoms with E-state index in [1.807, 2.05) is 61.5 Å². The van der Waals surface area contributed by atoms with Crippen LogP contribution in [0.4, 0.5) is 0 Å². The fourth-order valence-corrected chi connectivity index (χ4v) is 3.80. The maximum atomic E-state index is 12.5. The summed E-state index contributed by atoms with van der Waals surface area (Å²) in [6, 6.07) is 17.0. The van der Waals surface area contributed by atoms with Gasteiger partial charge in [-0.2, -0.15) is 9.61 Å². The number of hydrogen-bond acceptors (Lipinski definition) is 7. The molecule has 0 atom stereocenters. The largest absolute Gasteiger partial charge is 0.454 e. The van der Waals surface area contributed by atoms with Crippen LogP contribution in [-0.4, -0.2) is 38.1 Å². The molecule has 0 saturated heterocycles. The van der Waals surface area contributed by atoms with Gasteiger partial charge in [0.1, 0.15) is 0 Å². The summed E-state index contributed by atoms with van der Waals surface area (Å²) in [5.74, 6) is 1.73. The summed E-state index contributed by atoms with van der Waals surface area (Å²) in [6.07, 6.45) is 0. The third-order valence-corrected chi connectivity index (χ3v) is 5.53. The number of ketones is 1. The van der Waals surface area contributed by atoms with Crippen LogP contribution in [0.2, 0.25) is 0 Å². The SMILES string of the molecule is Cc1ccc(C(=O)CSc2nnc3ccc(-c4ccc5c(c4)OCO5)nn23)cc1. The van der Waals surface area contributed by atoms with Crippen molar-refractivity contribution < 1.29 is 14.3 Å². The van der Waals surface area contributed by atoms with Crippen LogP contribution in [0.5, 0.6) is 11.5 Å². The molecular formula is C21H16N4O3S. The standard InChI is InChI=1S/C21H16N4O3S/c1-13-2-4-14(5-3-13)17(26)11-29-21-23-22-20-9-7-16(24-25(20)21)15-6-8-18-19(10-15)28-12-27-18/h2-10H,11-12H2,1H3. The quantitative estimate of drug-likeness (QED) is 0.370. The highest BCUT2D eigenvalue weighted by Gasteiger charge is 2.16. The predicted molar refractivity (Wildman–Crippen MR) is 109 cm³/mol. The Morgan fingerprint density at radius 3 is 2.72 bits per heavy atom. The number of aryl methyl sites for hydroxylation is 1. The Bertz CT molecular complexity index is 1220. The van der Waals surface area contributed by atoms with E-state index in [0.29, 0.717) is 22.1 Å². The number of ether oxygens (including phenoxy) is 2. The minimum atomic E-state index is 0.0404. The van der Waals surface area contributed by atoms with Gasteiger partial charge in [-0.25, -0.2) is 0 Å². The van der Waals surface area contributed by atoms with Crippen molar-refractivity contribution in [2.24, 2.45) is 0 Å². The number of benzene rings is 2. The van der Waals surface area contributed by atoms with Crippen LogP contribution in [0.25, 0.3) is 16.9 Å². The zero-order valence-corrected chi connectivity index (χ0v) is 16.3. The first-order chi connectivity index (χ1) is 14.2. The maximum Gasteiger partial charge on any atom is 0.231 e. The normalized spacial score (nSPS) is 12.4. The van der Waals surface area contributed by atoms with Crippen LogP contribution in [0, 0.1) is 6.92 Å². The second-order valence-electron chi connectivity index (χ2n) is 6.62. The van der Waals surface area contributed by atoms with Crippen molar-refractivity contribution in [2.45, 2.75) is 12.1 Å². The molecule has 144 valence electrons. The number of aromatic nitrogens is 4. The van der Waals surface area contributed by atoms with Crippen molar-refractivity contribution in [2.75, 3.05) is 12.5 Å². The number of rotatable bonds is 5. The third-order valence-electron chi connectivity index (χ3n) is 4.61. The molecule has 0 amide bonds. The van der Waals surface area contributed by atoms with Gasteiger partial charge < -0.3 is 9.47 Å². The molecule has 3 heterocycles. The minimum absolute atomic E-state index is 0.0404. The number of hydrogen-bond donors (Lipinski definition) is 0. The number of fused-ring (bicyclic) bond motifs is 2. The molecule has 29 heavy (non-hydrogen) atoms. The van der Waals surface area contributed by atoms with Gasteiger partial charge in [0.15, 0.2) is 22.9 Å². The molecule has 8 heteroatoms. The summed E-state index contributed by atoms with van der Waals surface area (Å²) in [5, 5.41) is 13.6. The minimum Gasteiger partial charge on any atom is -0.454 e. The lowest BCUT2D eigenvalue weighted by atomic mass is 10.1. The fourth-order valence-electron chi connectivity index (χ4n) is 3.02. The van der Waals surface area contributed by atoms with Gasteiger partial charge in [-0.15, -0.1) is 10.2 Å². The molecule has 0 radical (unpaired) electrons. The first-order valence-electron chi connectivity index (χ1n) is 9.02. The molecule has 0 bridgehead atoms. The average Bonchev–Trinajstić information content (AvgIpc) is 3.38. The molecule has 0 fully saturated rings. The van der Waals surface area contributed by atoms with E-state index in [1.165, 1.54) is 11.8 Å². The van der Waals surface area contributed by atoms with Crippen LogP contribution in [-0.2, 0) is 0 Å². The summed E-state index contributed by atoms with van der Waals surface area (Å²) >= 11 is 1.32. The monoisotopic (exact) mass is 404 g/mol. The summed E-state index contributed by atoms with van der Waals surface area (Å²) in [7, 11) is 0. The van der Waals surface area contributed by atoms with E-state index < -0.39 is 0 Å². The van der Waals surface area contributed by atoms with Crippen LogP contribution in [0.3, 0.4) is 0 Å². The molecule has 7 nitrogen and oxygen atoms in total. The Morgan fingerprint density at radius 1 is 1.03 bits per heavy atom. The second-order valence-corrected chi connectivity index (χ2v) is 7.56. The zero-order chi connectivity index (χ0) is 19.8. The van der Waals surface area contributed by atoms with E-state index in [0.717, 1.165) is 22.6 Å². The second kappa shape index (κ2) is 7.21. The van der Waals surface area contributed by atoms with Gasteiger partial charge in [0.05, 0.1) is 11.4 Å². The zero-order valence-electron chi connectivity index (χ0n) is 15.5. The first-order valence-corrected chi connectivity index (χ1v) is 10.0. The van der Waals surface area contributed by atoms with Gasteiger partial charge >= 0.3 is 0 Å². The molecule has 0 saturated carbocycles. The van der Waals surface area contributed by atoms with Crippen LogP contribution in [0.15, 0.2) is 59.8 Å². The van der Waals surface area contributed by atoms with Crippen molar-refractivity contribution in [3.05, 3.63) is 65.7 Å². The summed E-state index contributed by atoms with van der Waals surface area (Å²) in [4.78, 5) is 12.5. The van der Waals surface area contributed by atoms with Crippen molar-refractivity contribution in [1.82, 2.24) is 19.8 Å². The molecule has 5 rings (SSSR count). The van der Waals surface area contributed by atoms with Crippen molar-refractivity contribution in [3.63, 3.8) is 0 Å². The average molecular weight is 404 g/mol. The van der Waals surface area contributed by atoms with E-state index in [4.69, 9.17) is 9.47 Å². The molecule has 4 aromatic rings. The van der Waals surface area contributed by atoms with Crippen molar-refractivity contribution >= 4 is 23.2 Å². The molecule has 2 aromatic heterocycles. The third kappa shape index (κ3) is 3.42. The Hall–Kier alpha value is -3.39. The van der Waals surface area contributed by atoms with Gasteiger partial charge in [0.25, 0.3) is 0 Å². The number of thioether (sulfide) groups is 1. The highest BCUT2D eigenvalue weighted by molar-refractivity contribution is 7.99. The van der Waals surface area contributed by atoms with Crippen molar-refractivity contribution in [1.29, 1.82) is 0 Å². The summed E-state index contributed by atoms with van der Waals surface area (Å²) < 4.78 is 12.5. The van der Waals surface area contributed by atoms with Crippen LogP contribution < -0.4 is 9.47 Å². The molecule has 0 N–H and O–H groups in total. The molecule has 0 spiro atoms.